The van der Waals surface area contributed by atoms with E-state index in [4.69, 9.17) is 16.3 Å². The van der Waals surface area contributed by atoms with Crippen molar-refractivity contribution >= 4 is 40.0 Å². The SMILES string of the molecule is O=C(O)[C@H]1O[C@@H](N(c2ccc(OC(F)(F)F)cc2)c2ccc3cccc(Cl)c3n2)[C@H](O)[C@@H](O)[C@@H]1O. The number of fused-ring (bicyclic) bond motifs is 1. The van der Waals surface area contributed by atoms with Crippen molar-refractivity contribution in [3.8, 4) is 5.75 Å². The molecule has 2 aromatic carbocycles. The topological polar surface area (TPSA) is 133 Å². The van der Waals surface area contributed by atoms with Gasteiger partial charge >= 0.3 is 12.3 Å². The highest BCUT2D eigenvalue weighted by Gasteiger charge is 2.49. The van der Waals surface area contributed by atoms with Gasteiger partial charge in [0.25, 0.3) is 0 Å². The van der Waals surface area contributed by atoms with Crippen molar-refractivity contribution in [1.29, 1.82) is 0 Å². The van der Waals surface area contributed by atoms with Crippen LogP contribution in [0.2, 0.25) is 5.02 Å². The third-order valence-corrected chi connectivity index (χ3v) is 5.64. The third kappa shape index (κ3) is 5.11. The number of rotatable bonds is 5. The summed E-state index contributed by atoms with van der Waals surface area (Å²) in [7, 11) is 0. The summed E-state index contributed by atoms with van der Waals surface area (Å²) >= 11 is 6.25. The van der Waals surface area contributed by atoms with Crippen LogP contribution in [0.15, 0.2) is 54.6 Å². The number of carboxylic acids is 1. The van der Waals surface area contributed by atoms with Gasteiger partial charge in [-0.25, -0.2) is 9.78 Å². The molecule has 0 amide bonds. The highest BCUT2D eigenvalue weighted by molar-refractivity contribution is 6.35. The number of anilines is 2. The molecule has 1 aliphatic rings. The highest BCUT2D eigenvalue weighted by Crippen LogP contribution is 2.36. The van der Waals surface area contributed by atoms with Gasteiger partial charge in [-0.1, -0.05) is 23.7 Å². The first-order chi connectivity index (χ1) is 16.5. The standard InChI is InChI=1S/C22H18ClF3N2O7/c23-13-3-1-2-10-4-9-14(27-15(10)13)28(11-5-7-12(8-6-11)35-22(24,25)26)20-18(31)16(29)17(30)19(34-20)21(32)33/h1-9,16-20,29-31H,(H,32,33)/t16-,17-,18+,19-,20+/m0/s1. The van der Waals surface area contributed by atoms with Crippen LogP contribution in [0, 0.1) is 0 Å². The molecule has 1 fully saturated rings. The summed E-state index contributed by atoms with van der Waals surface area (Å²) in [6, 6.07) is 12.5. The van der Waals surface area contributed by atoms with E-state index in [0.717, 1.165) is 12.1 Å². The van der Waals surface area contributed by atoms with E-state index >= 15 is 0 Å². The van der Waals surface area contributed by atoms with Crippen molar-refractivity contribution in [3.05, 3.63) is 59.6 Å². The molecule has 5 atom stereocenters. The second-order valence-electron chi connectivity index (χ2n) is 7.65. The Hall–Kier alpha value is -3.16. The van der Waals surface area contributed by atoms with Gasteiger partial charge in [0.15, 0.2) is 12.3 Å². The first-order valence-electron chi connectivity index (χ1n) is 10.1. The summed E-state index contributed by atoms with van der Waals surface area (Å²) in [5.74, 6) is -2.07. The maximum Gasteiger partial charge on any atom is 0.573 e. The Bertz CT molecular complexity index is 1230. The zero-order valence-electron chi connectivity index (χ0n) is 17.5. The zero-order valence-corrected chi connectivity index (χ0v) is 18.3. The van der Waals surface area contributed by atoms with Crippen LogP contribution in [0.3, 0.4) is 0 Å². The molecule has 0 saturated carbocycles. The van der Waals surface area contributed by atoms with E-state index in [2.05, 4.69) is 9.72 Å². The smallest absolute Gasteiger partial charge is 0.479 e. The van der Waals surface area contributed by atoms with Gasteiger partial charge in [-0.3, -0.25) is 4.90 Å². The lowest BCUT2D eigenvalue weighted by Gasteiger charge is -2.44. The van der Waals surface area contributed by atoms with Crippen molar-refractivity contribution < 1.29 is 47.9 Å². The number of benzene rings is 2. The maximum atomic E-state index is 12.6. The summed E-state index contributed by atoms with van der Waals surface area (Å²) in [5.41, 5.74) is 0.449. The van der Waals surface area contributed by atoms with E-state index in [1.165, 1.54) is 23.1 Å². The Balaban J connectivity index is 1.82. The number of carbonyl (C=O) groups is 1. The Kier molecular flexibility index (Phi) is 6.75. The molecule has 35 heavy (non-hydrogen) atoms. The Morgan fingerprint density at radius 2 is 1.69 bits per heavy atom. The van der Waals surface area contributed by atoms with Crippen molar-refractivity contribution in [2.45, 2.75) is 37.0 Å². The number of para-hydroxylation sites is 1. The van der Waals surface area contributed by atoms with Gasteiger partial charge in [-0.15, -0.1) is 13.2 Å². The van der Waals surface area contributed by atoms with Crippen LogP contribution in [0.5, 0.6) is 5.75 Å². The lowest BCUT2D eigenvalue weighted by molar-refractivity contribution is -0.274. The number of hydrogen-bond donors (Lipinski definition) is 4. The quantitative estimate of drug-likeness (QED) is 0.405. The monoisotopic (exact) mass is 514 g/mol. The van der Waals surface area contributed by atoms with Crippen LogP contribution < -0.4 is 9.64 Å². The highest BCUT2D eigenvalue weighted by atomic mass is 35.5. The van der Waals surface area contributed by atoms with E-state index in [1.54, 1.807) is 24.3 Å². The molecule has 4 rings (SSSR count). The fourth-order valence-corrected chi connectivity index (χ4v) is 3.96. The Labute approximate surface area is 200 Å². The van der Waals surface area contributed by atoms with Crippen molar-refractivity contribution in [2.24, 2.45) is 0 Å². The molecule has 0 radical (unpaired) electrons. The molecule has 2 heterocycles. The van der Waals surface area contributed by atoms with Gasteiger partial charge in [0, 0.05) is 11.1 Å². The third-order valence-electron chi connectivity index (χ3n) is 5.34. The second-order valence-corrected chi connectivity index (χ2v) is 8.06. The van der Waals surface area contributed by atoms with E-state index in [-0.39, 0.29) is 16.5 Å². The number of aliphatic hydroxyl groups is 3. The van der Waals surface area contributed by atoms with Crippen molar-refractivity contribution in [2.75, 3.05) is 4.90 Å². The van der Waals surface area contributed by atoms with E-state index in [9.17, 15) is 38.4 Å². The summed E-state index contributed by atoms with van der Waals surface area (Å²) in [5, 5.41) is 41.4. The largest absolute Gasteiger partial charge is 0.573 e. The van der Waals surface area contributed by atoms with Gasteiger partial charge in [-0.2, -0.15) is 0 Å². The minimum atomic E-state index is -4.92. The molecular weight excluding hydrogens is 497 g/mol. The molecule has 4 N–H and O–H groups in total. The van der Waals surface area contributed by atoms with Gasteiger partial charge in [0.2, 0.25) is 0 Å². The maximum absolute atomic E-state index is 12.6. The number of aromatic nitrogens is 1. The van der Waals surface area contributed by atoms with Gasteiger partial charge in [0.05, 0.1) is 10.5 Å². The second kappa shape index (κ2) is 9.47. The average Bonchev–Trinajstić information content (AvgIpc) is 2.79. The number of aliphatic hydroxyl groups excluding tert-OH is 3. The number of nitrogens with zero attached hydrogens (tertiary/aromatic N) is 2. The molecular formula is C22H18ClF3N2O7. The molecule has 3 aromatic rings. The molecule has 0 aliphatic carbocycles. The molecule has 1 aliphatic heterocycles. The van der Waals surface area contributed by atoms with Crippen LogP contribution in [0.1, 0.15) is 0 Å². The van der Waals surface area contributed by atoms with Crippen LogP contribution in [0.25, 0.3) is 10.9 Å². The lowest BCUT2D eigenvalue weighted by atomic mass is 9.97. The first-order valence-corrected chi connectivity index (χ1v) is 10.5. The van der Waals surface area contributed by atoms with Crippen LogP contribution in [0.4, 0.5) is 24.7 Å². The van der Waals surface area contributed by atoms with Gasteiger partial charge in [-0.05, 0) is 42.5 Å². The first kappa shape index (κ1) is 24.9. The van der Waals surface area contributed by atoms with Gasteiger partial charge < -0.3 is 29.9 Å². The summed E-state index contributed by atoms with van der Waals surface area (Å²) in [4.78, 5) is 17.2. The number of aliphatic carboxylic acids is 1. The molecule has 13 heteroatoms. The molecule has 0 unspecified atom stereocenters. The zero-order chi connectivity index (χ0) is 25.5. The molecule has 9 nitrogen and oxygen atoms in total. The number of ether oxygens (including phenoxy) is 2. The molecule has 1 aromatic heterocycles. The molecule has 0 spiro atoms. The van der Waals surface area contributed by atoms with Crippen molar-refractivity contribution in [1.82, 2.24) is 4.98 Å². The minimum Gasteiger partial charge on any atom is -0.479 e. The number of pyridine rings is 1. The normalized spacial score (nSPS) is 24.8. The predicted molar refractivity (Wildman–Crippen MR) is 116 cm³/mol. The Morgan fingerprint density at radius 3 is 2.31 bits per heavy atom. The van der Waals surface area contributed by atoms with Crippen LogP contribution in [-0.2, 0) is 9.53 Å². The summed E-state index contributed by atoms with van der Waals surface area (Å²) < 4.78 is 47.1. The van der Waals surface area contributed by atoms with Crippen molar-refractivity contribution in [3.63, 3.8) is 0 Å². The van der Waals surface area contributed by atoms with Gasteiger partial charge in [0.1, 0.15) is 29.9 Å². The van der Waals surface area contributed by atoms with E-state index in [1.807, 2.05) is 0 Å². The van der Waals surface area contributed by atoms with E-state index < -0.39 is 48.7 Å². The number of hydrogen-bond acceptors (Lipinski definition) is 8. The predicted octanol–water partition coefficient (Wildman–Crippen LogP) is 2.82. The molecule has 1 saturated heterocycles. The summed E-state index contributed by atoms with van der Waals surface area (Å²) in [6.45, 7) is 0. The minimum absolute atomic E-state index is 0.0619. The fourth-order valence-electron chi connectivity index (χ4n) is 3.73. The number of halogens is 4. The van der Waals surface area contributed by atoms with E-state index in [0.29, 0.717) is 10.9 Å². The molecule has 0 bridgehead atoms. The molecule has 186 valence electrons. The fraction of sp³-hybridized carbons (Fsp3) is 0.273. The number of carboxylic acid groups (broad SMARTS) is 1. The van der Waals surface area contributed by atoms with Crippen LogP contribution in [-0.4, -0.2) is 68.4 Å². The average molecular weight is 515 g/mol. The number of alkyl halides is 3. The van der Waals surface area contributed by atoms with Crippen LogP contribution >= 0.6 is 11.6 Å². The lowest BCUT2D eigenvalue weighted by Crippen LogP contribution is -2.63. The summed E-state index contributed by atoms with van der Waals surface area (Å²) in [6.07, 6.45) is -14.2. The Morgan fingerprint density at radius 1 is 1.00 bits per heavy atom.